The number of nitrogens with zero attached hydrogens (tertiary/aromatic N) is 5. The number of nitrogens with one attached hydrogen (secondary N) is 2. The van der Waals surface area contributed by atoms with E-state index in [0.29, 0.717) is 40.5 Å². The molecule has 3 aromatic heterocycles. The molecule has 33 heavy (non-hydrogen) atoms. The van der Waals surface area contributed by atoms with Crippen LogP contribution >= 0.6 is 0 Å². The van der Waals surface area contributed by atoms with Crippen LogP contribution in [0, 0.1) is 6.92 Å². The first-order valence-corrected chi connectivity index (χ1v) is 10.4. The summed E-state index contributed by atoms with van der Waals surface area (Å²) in [5.74, 6) is 0.652. The van der Waals surface area contributed by atoms with Crippen LogP contribution in [0.4, 0.5) is 5.82 Å². The molecule has 0 aliphatic heterocycles. The quantitative estimate of drug-likeness (QED) is 0.431. The van der Waals surface area contributed by atoms with Gasteiger partial charge in [-0.25, -0.2) is 0 Å². The van der Waals surface area contributed by atoms with Gasteiger partial charge in [-0.1, -0.05) is 30.3 Å². The van der Waals surface area contributed by atoms with Crippen molar-refractivity contribution in [1.29, 1.82) is 0 Å². The maximum Gasteiger partial charge on any atom is 0.263 e. The predicted molar refractivity (Wildman–Crippen MR) is 124 cm³/mol. The first kappa shape index (κ1) is 20.4. The Labute approximate surface area is 187 Å². The molecule has 0 radical (unpaired) electrons. The van der Waals surface area contributed by atoms with Crippen molar-refractivity contribution in [1.82, 2.24) is 29.5 Å². The van der Waals surface area contributed by atoms with Gasteiger partial charge in [-0.05, 0) is 30.7 Å². The number of amides is 1. The van der Waals surface area contributed by atoms with Gasteiger partial charge in [-0.3, -0.25) is 19.3 Å². The van der Waals surface area contributed by atoms with Crippen molar-refractivity contribution in [2.75, 3.05) is 11.9 Å². The Bertz CT molecular complexity index is 1580. The lowest BCUT2D eigenvalue weighted by atomic mass is 10.0. The smallest absolute Gasteiger partial charge is 0.263 e. The molecule has 1 amide bonds. The molecule has 0 spiro atoms. The van der Waals surface area contributed by atoms with Gasteiger partial charge in [0.25, 0.3) is 11.5 Å². The van der Waals surface area contributed by atoms with Crippen molar-refractivity contribution in [3.8, 4) is 11.7 Å². The Morgan fingerprint density at radius 1 is 1.18 bits per heavy atom. The Kier molecular flexibility index (Phi) is 4.89. The van der Waals surface area contributed by atoms with Gasteiger partial charge in [-0.15, -0.1) is 0 Å². The number of aromatic nitrogens is 6. The first-order valence-electron chi connectivity index (χ1n) is 10.4. The van der Waals surface area contributed by atoms with Crippen LogP contribution in [0.25, 0.3) is 27.8 Å². The van der Waals surface area contributed by atoms with E-state index in [1.54, 1.807) is 26.1 Å². The number of rotatable bonds is 5. The molecule has 0 unspecified atom stereocenters. The van der Waals surface area contributed by atoms with Gasteiger partial charge >= 0.3 is 0 Å². The highest BCUT2D eigenvalue weighted by Gasteiger charge is 2.20. The van der Waals surface area contributed by atoms with Crippen LogP contribution < -0.4 is 15.6 Å². The number of carbonyl (C=O) groups excluding carboxylic acids is 1. The Morgan fingerprint density at radius 3 is 2.82 bits per heavy atom. The largest absolute Gasteiger partial charge is 0.493 e. The standard InChI is InChI=1S/C23H21N7O3/c1-4-33-17-10-9-14-7-5-6-8-15(14)19(17)22(32)25-18-11-13(2)28-30(18)23-26-20-16(21(31)27-23)12-24-29(20)3/h5-12H,4H2,1-3H3,(H,25,32)(H,26,27,31). The summed E-state index contributed by atoms with van der Waals surface area (Å²) in [6.07, 6.45) is 1.46. The predicted octanol–water partition coefficient (Wildman–Crippen LogP) is 2.95. The van der Waals surface area contributed by atoms with Gasteiger partial charge in [0.15, 0.2) is 5.65 Å². The average molecular weight is 443 g/mol. The average Bonchev–Trinajstić information content (AvgIpc) is 3.36. The molecule has 2 aromatic carbocycles. The van der Waals surface area contributed by atoms with Gasteiger partial charge < -0.3 is 10.1 Å². The maximum atomic E-state index is 13.5. The number of anilines is 1. The summed E-state index contributed by atoms with van der Waals surface area (Å²) in [6.45, 7) is 4.08. The molecule has 10 heteroatoms. The van der Waals surface area contributed by atoms with Crippen LogP contribution in [0.2, 0.25) is 0 Å². The number of H-pyrrole nitrogens is 1. The molecular formula is C23H21N7O3. The third-order valence-corrected chi connectivity index (χ3v) is 5.28. The number of fused-ring (bicyclic) bond motifs is 2. The molecule has 0 aliphatic rings. The monoisotopic (exact) mass is 443 g/mol. The minimum Gasteiger partial charge on any atom is -0.493 e. The van der Waals surface area contributed by atoms with E-state index in [-0.39, 0.29) is 17.4 Å². The highest BCUT2D eigenvalue weighted by Crippen LogP contribution is 2.29. The van der Waals surface area contributed by atoms with Gasteiger partial charge in [-0.2, -0.15) is 19.9 Å². The molecule has 3 heterocycles. The van der Waals surface area contributed by atoms with Crippen LogP contribution in [0.15, 0.2) is 53.5 Å². The van der Waals surface area contributed by atoms with Crippen molar-refractivity contribution >= 4 is 33.5 Å². The minimum atomic E-state index is -0.361. The van der Waals surface area contributed by atoms with Crippen LogP contribution in [0.3, 0.4) is 0 Å². The fourth-order valence-corrected chi connectivity index (χ4v) is 3.81. The minimum absolute atomic E-state index is 0.169. The van der Waals surface area contributed by atoms with E-state index < -0.39 is 0 Å². The summed E-state index contributed by atoms with van der Waals surface area (Å²) < 4.78 is 8.64. The molecule has 10 nitrogen and oxygen atoms in total. The van der Waals surface area contributed by atoms with Gasteiger partial charge in [0.2, 0.25) is 5.95 Å². The number of ether oxygens (including phenoxy) is 1. The van der Waals surface area contributed by atoms with E-state index in [2.05, 4.69) is 25.5 Å². The van der Waals surface area contributed by atoms with Gasteiger partial charge in [0.1, 0.15) is 17.0 Å². The summed E-state index contributed by atoms with van der Waals surface area (Å²) in [6, 6.07) is 13.0. The molecule has 5 aromatic rings. The van der Waals surface area contributed by atoms with Crippen LogP contribution in [0.1, 0.15) is 23.0 Å². The third-order valence-electron chi connectivity index (χ3n) is 5.28. The molecular weight excluding hydrogens is 422 g/mol. The van der Waals surface area contributed by atoms with E-state index >= 15 is 0 Å². The topological polar surface area (TPSA) is 120 Å². The second-order valence-corrected chi connectivity index (χ2v) is 7.52. The summed E-state index contributed by atoms with van der Waals surface area (Å²) >= 11 is 0. The Hall–Kier alpha value is -4.47. The molecule has 5 rings (SSSR count). The number of carbonyl (C=O) groups is 1. The lowest BCUT2D eigenvalue weighted by Crippen LogP contribution is -2.19. The molecule has 0 aliphatic carbocycles. The van der Waals surface area contributed by atoms with E-state index in [1.807, 2.05) is 37.3 Å². The summed E-state index contributed by atoms with van der Waals surface area (Å²) in [5, 5.41) is 13.5. The van der Waals surface area contributed by atoms with Crippen LogP contribution in [-0.4, -0.2) is 42.0 Å². The first-order chi connectivity index (χ1) is 16.0. The number of hydrogen-bond acceptors (Lipinski definition) is 6. The Balaban J connectivity index is 1.60. The highest BCUT2D eigenvalue weighted by atomic mass is 16.5. The van der Waals surface area contributed by atoms with Crippen molar-refractivity contribution in [2.24, 2.45) is 7.05 Å². The van der Waals surface area contributed by atoms with E-state index in [0.717, 1.165) is 10.8 Å². The summed E-state index contributed by atoms with van der Waals surface area (Å²) in [5.41, 5.74) is 1.12. The number of aromatic amines is 1. The normalized spacial score (nSPS) is 11.2. The molecule has 0 saturated heterocycles. The van der Waals surface area contributed by atoms with Crippen molar-refractivity contribution in [3.05, 3.63) is 70.3 Å². The fraction of sp³-hybridized carbons (Fsp3) is 0.174. The second kappa shape index (κ2) is 7.90. The third kappa shape index (κ3) is 3.51. The van der Waals surface area contributed by atoms with Gasteiger partial charge in [0.05, 0.1) is 24.1 Å². The van der Waals surface area contributed by atoms with Crippen molar-refractivity contribution < 1.29 is 9.53 Å². The zero-order valence-corrected chi connectivity index (χ0v) is 18.3. The molecule has 0 saturated carbocycles. The second-order valence-electron chi connectivity index (χ2n) is 7.52. The van der Waals surface area contributed by atoms with E-state index in [9.17, 15) is 9.59 Å². The summed E-state index contributed by atoms with van der Waals surface area (Å²) in [7, 11) is 1.70. The maximum absolute atomic E-state index is 13.5. The SMILES string of the molecule is CCOc1ccc2ccccc2c1C(=O)Nc1cc(C)nn1-c1nc2c(cnn2C)c(=O)[nH]1. The van der Waals surface area contributed by atoms with Crippen molar-refractivity contribution in [3.63, 3.8) is 0 Å². The molecule has 2 N–H and O–H groups in total. The van der Waals surface area contributed by atoms with Crippen LogP contribution in [0.5, 0.6) is 5.75 Å². The van der Waals surface area contributed by atoms with E-state index in [4.69, 9.17) is 4.74 Å². The fourth-order valence-electron chi connectivity index (χ4n) is 3.81. The van der Waals surface area contributed by atoms with Crippen LogP contribution in [-0.2, 0) is 7.05 Å². The molecule has 166 valence electrons. The van der Waals surface area contributed by atoms with Gasteiger partial charge in [0, 0.05) is 13.1 Å². The number of aryl methyl sites for hydroxylation is 2. The zero-order valence-electron chi connectivity index (χ0n) is 18.3. The lowest BCUT2D eigenvalue weighted by molar-refractivity contribution is 0.102. The highest BCUT2D eigenvalue weighted by molar-refractivity contribution is 6.14. The van der Waals surface area contributed by atoms with E-state index in [1.165, 1.54) is 15.6 Å². The summed E-state index contributed by atoms with van der Waals surface area (Å²) in [4.78, 5) is 33.2. The molecule has 0 bridgehead atoms. The number of hydrogen-bond donors (Lipinski definition) is 2. The lowest BCUT2D eigenvalue weighted by Gasteiger charge is -2.14. The number of benzene rings is 2. The molecule has 0 fully saturated rings. The zero-order chi connectivity index (χ0) is 23.1. The van der Waals surface area contributed by atoms with Crippen molar-refractivity contribution in [2.45, 2.75) is 13.8 Å². The molecule has 0 atom stereocenters. The Morgan fingerprint density at radius 2 is 2.00 bits per heavy atom.